The van der Waals surface area contributed by atoms with Gasteiger partial charge in [-0.1, -0.05) is 12.8 Å². The molecule has 96 valence electrons. The number of nitrogens with two attached hydrogens (primary N) is 1. The maximum Gasteiger partial charge on any atom is 0.222 e. The lowest BCUT2D eigenvalue weighted by atomic mass is 9.94. The van der Waals surface area contributed by atoms with Crippen LogP contribution in [0, 0.1) is 0 Å². The van der Waals surface area contributed by atoms with Crippen molar-refractivity contribution in [3.8, 4) is 0 Å². The van der Waals surface area contributed by atoms with Crippen molar-refractivity contribution in [3.05, 3.63) is 0 Å². The van der Waals surface area contributed by atoms with Crippen LogP contribution in [0.3, 0.4) is 0 Å². The highest BCUT2D eigenvalue weighted by atomic mass is 16.2. The van der Waals surface area contributed by atoms with Gasteiger partial charge in [0.2, 0.25) is 11.8 Å². The molecule has 1 saturated heterocycles. The Morgan fingerprint density at radius 2 is 2.18 bits per heavy atom. The van der Waals surface area contributed by atoms with Crippen LogP contribution in [-0.2, 0) is 9.59 Å². The number of hydrogen-bond acceptors (Lipinski definition) is 3. The van der Waals surface area contributed by atoms with Crippen LogP contribution in [0.15, 0.2) is 0 Å². The van der Waals surface area contributed by atoms with Gasteiger partial charge < -0.3 is 16.4 Å². The largest absolute Gasteiger partial charge is 0.354 e. The molecule has 0 aromatic carbocycles. The summed E-state index contributed by atoms with van der Waals surface area (Å²) in [5, 5.41) is 5.71. The summed E-state index contributed by atoms with van der Waals surface area (Å²) in [7, 11) is 0. The van der Waals surface area contributed by atoms with Crippen molar-refractivity contribution >= 4 is 11.8 Å². The third-order valence-corrected chi connectivity index (χ3v) is 3.74. The smallest absolute Gasteiger partial charge is 0.222 e. The molecule has 0 aromatic rings. The van der Waals surface area contributed by atoms with Crippen molar-refractivity contribution in [3.63, 3.8) is 0 Å². The minimum absolute atomic E-state index is 0.0237. The zero-order valence-corrected chi connectivity index (χ0v) is 10.1. The number of nitrogens with one attached hydrogen (secondary N) is 2. The average molecular weight is 239 g/mol. The van der Waals surface area contributed by atoms with E-state index >= 15 is 0 Å². The summed E-state index contributed by atoms with van der Waals surface area (Å²) in [6, 6.07) is 0.0743. The summed E-state index contributed by atoms with van der Waals surface area (Å²) in [5.74, 6) is 0.0946. The van der Waals surface area contributed by atoms with Gasteiger partial charge in [0, 0.05) is 31.0 Å². The highest BCUT2D eigenvalue weighted by molar-refractivity contribution is 5.79. The van der Waals surface area contributed by atoms with Crippen LogP contribution in [0.1, 0.15) is 44.9 Å². The first-order chi connectivity index (χ1) is 8.07. The van der Waals surface area contributed by atoms with E-state index in [9.17, 15) is 9.59 Å². The molecule has 2 rings (SSSR count). The second-order valence-corrected chi connectivity index (χ2v) is 5.35. The lowest BCUT2D eigenvalue weighted by Gasteiger charge is -2.27. The maximum atomic E-state index is 11.9. The van der Waals surface area contributed by atoms with Crippen molar-refractivity contribution in [2.24, 2.45) is 5.73 Å². The molecule has 1 aliphatic heterocycles. The molecule has 0 spiro atoms. The molecule has 5 nitrogen and oxygen atoms in total. The molecule has 1 saturated carbocycles. The predicted octanol–water partition coefficient (Wildman–Crippen LogP) is 0.0428. The van der Waals surface area contributed by atoms with Crippen LogP contribution in [-0.4, -0.2) is 29.9 Å². The van der Waals surface area contributed by atoms with Gasteiger partial charge in [0.15, 0.2) is 0 Å². The third kappa shape index (κ3) is 3.43. The van der Waals surface area contributed by atoms with Gasteiger partial charge in [0.25, 0.3) is 0 Å². The van der Waals surface area contributed by atoms with Crippen molar-refractivity contribution in [2.75, 3.05) is 6.54 Å². The molecule has 1 atom stereocenters. The molecule has 2 aliphatic rings. The summed E-state index contributed by atoms with van der Waals surface area (Å²) in [6.45, 7) is 0.544. The van der Waals surface area contributed by atoms with Crippen LogP contribution in [0.4, 0.5) is 0 Å². The minimum Gasteiger partial charge on any atom is -0.354 e. The summed E-state index contributed by atoms with van der Waals surface area (Å²) >= 11 is 0. The third-order valence-electron chi connectivity index (χ3n) is 3.74. The fourth-order valence-electron chi connectivity index (χ4n) is 2.71. The zero-order chi connectivity index (χ0) is 12.3. The van der Waals surface area contributed by atoms with Gasteiger partial charge in [-0.05, 0) is 19.3 Å². The van der Waals surface area contributed by atoms with Gasteiger partial charge in [0.1, 0.15) is 0 Å². The van der Waals surface area contributed by atoms with Crippen LogP contribution < -0.4 is 16.4 Å². The van der Waals surface area contributed by atoms with E-state index in [4.69, 9.17) is 5.73 Å². The first-order valence-electron chi connectivity index (χ1n) is 6.42. The number of rotatable bonds is 3. The number of piperidine rings is 1. The molecule has 1 heterocycles. The molecule has 0 aromatic heterocycles. The SMILES string of the molecule is NC1(CC(=O)NC2CCC(=O)NC2)CCCC1. The van der Waals surface area contributed by atoms with E-state index in [0.29, 0.717) is 19.4 Å². The number of carbonyl (C=O) groups excluding carboxylic acids is 2. The zero-order valence-electron chi connectivity index (χ0n) is 10.1. The maximum absolute atomic E-state index is 11.9. The molecule has 1 unspecified atom stereocenters. The predicted molar refractivity (Wildman–Crippen MR) is 64.2 cm³/mol. The molecule has 1 aliphatic carbocycles. The average Bonchev–Trinajstić information content (AvgIpc) is 2.68. The lowest BCUT2D eigenvalue weighted by molar-refractivity contribution is -0.126. The lowest BCUT2D eigenvalue weighted by Crippen LogP contribution is -2.50. The number of hydrogen-bond donors (Lipinski definition) is 3. The number of carbonyl (C=O) groups is 2. The fraction of sp³-hybridized carbons (Fsp3) is 0.833. The van der Waals surface area contributed by atoms with E-state index in [1.807, 2.05) is 0 Å². The van der Waals surface area contributed by atoms with Gasteiger partial charge in [-0.25, -0.2) is 0 Å². The first kappa shape index (κ1) is 12.4. The summed E-state index contributed by atoms with van der Waals surface area (Å²) in [4.78, 5) is 22.8. The van der Waals surface area contributed by atoms with Crippen molar-refractivity contribution in [2.45, 2.75) is 56.5 Å². The van der Waals surface area contributed by atoms with E-state index in [1.165, 1.54) is 0 Å². The molecule has 5 heteroatoms. The van der Waals surface area contributed by atoms with Gasteiger partial charge in [-0.3, -0.25) is 9.59 Å². The summed E-state index contributed by atoms with van der Waals surface area (Å²) < 4.78 is 0. The second kappa shape index (κ2) is 5.04. The number of amides is 2. The molecular formula is C12H21N3O2. The first-order valence-corrected chi connectivity index (χ1v) is 6.42. The topological polar surface area (TPSA) is 84.2 Å². The molecule has 0 radical (unpaired) electrons. The Balaban J connectivity index is 1.75. The van der Waals surface area contributed by atoms with E-state index in [-0.39, 0.29) is 23.4 Å². The Morgan fingerprint density at radius 1 is 1.47 bits per heavy atom. The van der Waals surface area contributed by atoms with Crippen LogP contribution in [0.2, 0.25) is 0 Å². The Morgan fingerprint density at radius 3 is 2.76 bits per heavy atom. The van der Waals surface area contributed by atoms with Crippen LogP contribution >= 0.6 is 0 Å². The Kier molecular flexibility index (Phi) is 3.66. The normalized spacial score (nSPS) is 27.6. The van der Waals surface area contributed by atoms with Crippen molar-refractivity contribution in [1.29, 1.82) is 0 Å². The quantitative estimate of drug-likeness (QED) is 0.650. The molecular weight excluding hydrogens is 218 g/mol. The Bertz CT molecular complexity index is 301. The highest BCUT2D eigenvalue weighted by Gasteiger charge is 2.32. The monoisotopic (exact) mass is 239 g/mol. The van der Waals surface area contributed by atoms with Crippen molar-refractivity contribution < 1.29 is 9.59 Å². The molecule has 4 N–H and O–H groups in total. The van der Waals surface area contributed by atoms with Crippen LogP contribution in [0.5, 0.6) is 0 Å². The Hall–Kier alpha value is -1.10. The summed E-state index contributed by atoms with van der Waals surface area (Å²) in [6.07, 6.45) is 5.79. The van der Waals surface area contributed by atoms with E-state index < -0.39 is 0 Å². The molecule has 2 fully saturated rings. The summed E-state index contributed by atoms with van der Waals surface area (Å²) in [5.41, 5.74) is 5.87. The fourth-order valence-corrected chi connectivity index (χ4v) is 2.71. The highest BCUT2D eigenvalue weighted by Crippen LogP contribution is 2.29. The molecule has 2 amide bonds. The van der Waals surface area contributed by atoms with Crippen molar-refractivity contribution in [1.82, 2.24) is 10.6 Å². The van der Waals surface area contributed by atoms with Crippen LogP contribution in [0.25, 0.3) is 0 Å². The minimum atomic E-state index is -0.290. The van der Waals surface area contributed by atoms with E-state index in [1.54, 1.807) is 0 Å². The second-order valence-electron chi connectivity index (χ2n) is 5.35. The molecule has 0 bridgehead atoms. The van der Waals surface area contributed by atoms with E-state index in [0.717, 1.165) is 32.1 Å². The molecule has 17 heavy (non-hydrogen) atoms. The Labute approximate surface area is 102 Å². The van der Waals surface area contributed by atoms with Gasteiger partial charge in [0.05, 0.1) is 0 Å². The van der Waals surface area contributed by atoms with Gasteiger partial charge in [-0.15, -0.1) is 0 Å². The van der Waals surface area contributed by atoms with Gasteiger partial charge >= 0.3 is 0 Å². The van der Waals surface area contributed by atoms with E-state index in [2.05, 4.69) is 10.6 Å². The standard InChI is InChI=1S/C12H21N3O2/c13-12(5-1-2-6-12)7-11(17)15-9-3-4-10(16)14-8-9/h9H,1-8,13H2,(H,14,16)(H,15,17). The van der Waals surface area contributed by atoms with Gasteiger partial charge in [-0.2, -0.15) is 0 Å².